The molecule has 3 nitrogen and oxygen atoms in total. The van der Waals surface area contributed by atoms with Crippen molar-refractivity contribution in [3.05, 3.63) is 65.9 Å². The summed E-state index contributed by atoms with van der Waals surface area (Å²) in [4.78, 5) is 3.27. The largest absolute Gasteiger partial charge is 0.464 e. The fourth-order valence-electron chi connectivity index (χ4n) is 4.24. The number of hydrogen-bond acceptors (Lipinski definition) is 2. The number of para-hydroxylation sites is 1. The van der Waals surface area contributed by atoms with Gasteiger partial charge in [0.2, 0.25) is 6.29 Å². The Morgan fingerprint density at radius 3 is 2.69 bits per heavy atom. The highest BCUT2D eigenvalue weighted by Crippen LogP contribution is 2.42. The summed E-state index contributed by atoms with van der Waals surface area (Å²) < 4.78 is 12.3. The van der Waals surface area contributed by atoms with E-state index in [9.17, 15) is 0 Å². The van der Waals surface area contributed by atoms with Gasteiger partial charge in [0.1, 0.15) is 5.75 Å². The van der Waals surface area contributed by atoms with Crippen LogP contribution in [0.2, 0.25) is 0 Å². The minimum absolute atomic E-state index is 0.0125. The van der Waals surface area contributed by atoms with Crippen molar-refractivity contribution in [3.63, 3.8) is 0 Å². The molecule has 1 atom stereocenters. The minimum Gasteiger partial charge on any atom is -0.464 e. The van der Waals surface area contributed by atoms with E-state index in [2.05, 4.69) is 63.0 Å². The number of rotatable bonds is 4. The van der Waals surface area contributed by atoms with E-state index in [1.54, 1.807) is 0 Å². The minimum atomic E-state index is -0.243. The molecule has 1 aliphatic heterocycles. The van der Waals surface area contributed by atoms with Crippen LogP contribution in [0.5, 0.6) is 5.75 Å². The first-order valence-corrected chi connectivity index (χ1v) is 9.29. The molecule has 0 fully saturated rings. The number of fused-ring (bicyclic) bond motifs is 2. The monoisotopic (exact) mass is 349 g/mol. The van der Waals surface area contributed by atoms with Crippen molar-refractivity contribution in [1.29, 1.82) is 0 Å². The summed E-state index contributed by atoms with van der Waals surface area (Å²) in [7, 11) is 0. The zero-order chi connectivity index (χ0) is 18.4. The lowest BCUT2D eigenvalue weighted by molar-refractivity contribution is -0.174. The molecule has 0 bridgehead atoms. The molecule has 2 heterocycles. The summed E-state index contributed by atoms with van der Waals surface area (Å²) >= 11 is 0. The third-order valence-corrected chi connectivity index (χ3v) is 5.47. The lowest BCUT2D eigenvalue weighted by atomic mass is 9.71. The second-order valence-corrected chi connectivity index (χ2v) is 8.70. The molecule has 1 N–H and O–H groups in total. The highest BCUT2D eigenvalue weighted by molar-refractivity contribution is 5.80. The van der Waals surface area contributed by atoms with Gasteiger partial charge in [-0.2, -0.15) is 0 Å². The molecule has 0 spiro atoms. The van der Waals surface area contributed by atoms with Crippen LogP contribution in [-0.4, -0.2) is 11.3 Å². The quantitative estimate of drug-likeness (QED) is 0.646. The lowest BCUT2D eigenvalue weighted by Gasteiger charge is -2.42. The van der Waals surface area contributed by atoms with Gasteiger partial charge in [-0.15, -0.1) is 0 Å². The van der Waals surface area contributed by atoms with Crippen LogP contribution in [0.1, 0.15) is 45.2 Å². The maximum absolute atomic E-state index is 6.21. The third kappa shape index (κ3) is 3.12. The van der Waals surface area contributed by atoms with Crippen molar-refractivity contribution < 1.29 is 9.47 Å². The average molecular weight is 349 g/mol. The van der Waals surface area contributed by atoms with Crippen LogP contribution in [0.25, 0.3) is 10.9 Å². The molecule has 0 amide bonds. The van der Waals surface area contributed by atoms with Gasteiger partial charge >= 0.3 is 0 Å². The Morgan fingerprint density at radius 1 is 1.04 bits per heavy atom. The van der Waals surface area contributed by atoms with E-state index in [-0.39, 0.29) is 17.1 Å². The maximum atomic E-state index is 6.21. The standard InChI is InChI=1S/C23H27NO2/c1-22(2,18-9-10-19-16(13-18)11-12-24-19)15-23(3,4)21-25-14-17-7-5-6-8-20(17)26-21/h5-13,21,24H,14-15H2,1-4H3. The molecule has 2 aromatic carbocycles. The molecule has 4 rings (SSSR count). The van der Waals surface area contributed by atoms with E-state index in [1.807, 2.05) is 24.4 Å². The zero-order valence-electron chi connectivity index (χ0n) is 16.0. The number of aromatic nitrogens is 1. The van der Waals surface area contributed by atoms with Crippen LogP contribution in [-0.2, 0) is 16.8 Å². The molecule has 1 unspecified atom stereocenters. The Balaban J connectivity index is 1.56. The number of aromatic amines is 1. The number of ether oxygens (including phenoxy) is 2. The second-order valence-electron chi connectivity index (χ2n) is 8.70. The highest BCUT2D eigenvalue weighted by atomic mass is 16.7. The molecular formula is C23H27NO2. The highest BCUT2D eigenvalue weighted by Gasteiger charge is 2.40. The number of hydrogen-bond donors (Lipinski definition) is 1. The first-order valence-electron chi connectivity index (χ1n) is 9.29. The Labute approximate surface area is 155 Å². The molecule has 0 radical (unpaired) electrons. The summed E-state index contributed by atoms with van der Waals surface area (Å²) in [6.07, 6.45) is 2.71. The van der Waals surface area contributed by atoms with Gasteiger partial charge in [0.25, 0.3) is 0 Å². The molecule has 0 aliphatic carbocycles. The fourth-order valence-corrected chi connectivity index (χ4v) is 4.24. The molecule has 1 aliphatic rings. The van der Waals surface area contributed by atoms with Gasteiger partial charge < -0.3 is 14.5 Å². The molecule has 26 heavy (non-hydrogen) atoms. The van der Waals surface area contributed by atoms with Gasteiger partial charge in [-0.25, -0.2) is 0 Å². The summed E-state index contributed by atoms with van der Waals surface area (Å²) in [5, 5.41) is 1.26. The molecule has 3 heteroatoms. The van der Waals surface area contributed by atoms with Gasteiger partial charge in [0.15, 0.2) is 0 Å². The predicted molar refractivity (Wildman–Crippen MR) is 105 cm³/mol. The average Bonchev–Trinajstić information content (AvgIpc) is 3.08. The second kappa shape index (κ2) is 6.17. The van der Waals surface area contributed by atoms with Gasteiger partial charge in [-0.1, -0.05) is 52.0 Å². The SMILES string of the molecule is CC(C)(CC(C)(C)C1OCc2ccccc2O1)c1ccc2[nH]ccc2c1. The molecule has 136 valence electrons. The summed E-state index contributed by atoms with van der Waals surface area (Å²) in [5.74, 6) is 0.948. The fraction of sp³-hybridized carbons (Fsp3) is 0.391. The first-order chi connectivity index (χ1) is 12.4. The zero-order valence-corrected chi connectivity index (χ0v) is 16.0. The van der Waals surface area contributed by atoms with Crippen LogP contribution in [0, 0.1) is 5.41 Å². The third-order valence-electron chi connectivity index (χ3n) is 5.47. The Kier molecular flexibility index (Phi) is 4.07. The Bertz CT molecular complexity index is 923. The van der Waals surface area contributed by atoms with Crippen LogP contribution in [0.4, 0.5) is 0 Å². The van der Waals surface area contributed by atoms with E-state index < -0.39 is 0 Å². The van der Waals surface area contributed by atoms with Crippen molar-refractivity contribution in [3.8, 4) is 5.75 Å². The number of H-pyrrole nitrogens is 1. The maximum Gasteiger partial charge on any atom is 0.205 e. The topological polar surface area (TPSA) is 34.2 Å². The molecular weight excluding hydrogens is 322 g/mol. The van der Waals surface area contributed by atoms with Gasteiger partial charge in [-0.05, 0) is 47.1 Å². The Morgan fingerprint density at radius 2 is 1.85 bits per heavy atom. The van der Waals surface area contributed by atoms with Crippen molar-refractivity contribution in [2.24, 2.45) is 5.41 Å². The van der Waals surface area contributed by atoms with Gasteiger partial charge in [0.05, 0.1) is 6.61 Å². The number of nitrogens with one attached hydrogen (secondary N) is 1. The lowest BCUT2D eigenvalue weighted by Crippen LogP contribution is -2.42. The van der Waals surface area contributed by atoms with Gasteiger partial charge in [-0.3, -0.25) is 0 Å². The molecule has 3 aromatic rings. The molecule has 0 saturated carbocycles. The molecule has 0 saturated heterocycles. The summed E-state index contributed by atoms with van der Waals surface area (Å²) in [5.41, 5.74) is 3.54. The first kappa shape index (κ1) is 17.2. The smallest absolute Gasteiger partial charge is 0.205 e. The summed E-state index contributed by atoms with van der Waals surface area (Å²) in [6, 6.07) is 17.0. The normalized spacial score (nSPS) is 17.8. The molecule has 1 aromatic heterocycles. The van der Waals surface area contributed by atoms with Crippen molar-refractivity contribution in [2.75, 3.05) is 0 Å². The van der Waals surface area contributed by atoms with Crippen LogP contribution in [0.15, 0.2) is 54.7 Å². The van der Waals surface area contributed by atoms with E-state index in [1.165, 1.54) is 16.5 Å². The van der Waals surface area contributed by atoms with Crippen molar-refractivity contribution in [1.82, 2.24) is 4.98 Å². The van der Waals surface area contributed by atoms with Crippen molar-refractivity contribution >= 4 is 10.9 Å². The van der Waals surface area contributed by atoms with Crippen LogP contribution < -0.4 is 4.74 Å². The summed E-state index contributed by atoms with van der Waals surface area (Å²) in [6.45, 7) is 9.70. The Hall–Kier alpha value is -2.26. The van der Waals surface area contributed by atoms with Crippen LogP contribution >= 0.6 is 0 Å². The number of benzene rings is 2. The van der Waals surface area contributed by atoms with E-state index in [0.717, 1.165) is 17.7 Å². The van der Waals surface area contributed by atoms with Gasteiger partial charge in [0, 0.05) is 22.7 Å². The van der Waals surface area contributed by atoms with Crippen LogP contribution in [0.3, 0.4) is 0 Å². The van der Waals surface area contributed by atoms with E-state index in [0.29, 0.717) is 6.61 Å². The van der Waals surface area contributed by atoms with E-state index in [4.69, 9.17) is 9.47 Å². The van der Waals surface area contributed by atoms with Crippen molar-refractivity contribution in [2.45, 2.75) is 52.4 Å². The predicted octanol–water partition coefficient (Wildman–Crippen LogP) is 5.80. The van der Waals surface area contributed by atoms with E-state index >= 15 is 0 Å².